The molecule has 0 saturated carbocycles. The van der Waals surface area contributed by atoms with E-state index in [0.29, 0.717) is 0 Å². The Morgan fingerprint density at radius 2 is 1.17 bits per heavy atom. The molecule has 0 radical (unpaired) electrons. The van der Waals surface area contributed by atoms with Crippen LogP contribution in [-0.2, 0) is 20.1 Å². The Hall–Kier alpha value is -1.07. The number of pyridine rings is 1. The van der Waals surface area contributed by atoms with Crippen LogP contribution in [0.25, 0.3) is 0 Å². The van der Waals surface area contributed by atoms with E-state index in [1.807, 2.05) is 39.8 Å². The average molecular weight is 333 g/mol. The molecule has 1 saturated heterocycles. The van der Waals surface area contributed by atoms with Crippen LogP contribution in [0.1, 0.15) is 80.6 Å². The number of hydrogen-bond acceptors (Lipinski definition) is 3. The minimum Gasteiger partial charge on any atom is -0.618 e. The molecule has 0 atom stereocenters. The molecule has 0 aliphatic carbocycles. The highest BCUT2D eigenvalue weighted by molar-refractivity contribution is 6.62. The molecule has 1 fully saturated rings. The number of rotatable bonds is 1. The summed E-state index contributed by atoms with van der Waals surface area (Å²) in [5.41, 5.74) is 1.06. The summed E-state index contributed by atoms with van der Waals surface area (Å²) in [6.45, 7) is 20.5. The summed E-state index contributed by atoms with van der Waals surface area (Å²) in [5, 5.41) is 12.9. The van der Waals surface area contributed by atoms with Crippen LogP contribution in [0.3, 0.4) is 0 Å². The number of nitrogens with zero attached hydrogens (tertiary/aromatic N) is 1. The van der Waals surface area contributed by atoms with Gasteiger partial charge < -0.3 is 14.5 Å². The van der Waals surface area contributed by atoms with Crippen LogP contribution in [0.2, 0.25) is 0 Å². The molecule has 4 nitrogen and oxygen atoms in total. The van der Waals surface area contributed by atoms with E-state index in [9.17, 15) is 5.21 Å². The summed E-state index contributed by atoms with van der Waals surface area (Å²) in [6, 6.07) is 3.87. The molecule has 0 amide bonds. The van der Waals surface area contributed by atoms with E-state index in [2.05, 4.69) is 41.5 Å². The quantitative estimate of drug-likeness (QED) is 0.450. The normalized spacial score (nSPS) is 20.5. The van der Waals surface area contributed by atoms with Gasteiger partial charge in [-0.25, -0.2) is 0 Å². The van der Waals surface area contributed by atoms with E-state index in [1.54, 1.807) is 0 Å². The van der Waals surface area contributed by atoms with Gasteiger partial charge in [0.05, 0.1) is 11.2 Å². The van der Waals surface area contributed by atoms with Crippen molar-refractivity contribution in [1.82, 2.24) is 0 Å². The third kappa shape index (κ3) is 3.34. The molecular formula is C19H32BNO3. The number of aromatic nitrogens is 1. The van der Waals surface area contributed by atoms with E-state index in [0.717, 1.165) is 21.6 Å². The smallest absolute Gasteiger partial charge is 0.495 e. The molecule has 0 bridgehead atoms. The molecule has 5 heteroatoms. The highest BCUT2D eigenvalue weighted by atomic mass is 16.7. The van der Waals surface area contributed by atoms with E-state index in [-0.39, 0.29) is 10.8 Å². The Balaban J connectivity index is 2.61. The second kappa shape index (κ2) is 5.47. The van der Waals surface area contributed by atoms with Crippen molar-refractivity contribution < 1.29 is 14.0 Å². The summed E-state index contributed by atoms with van der Waals surface area (Å²) in [6.07, 6.45) is 0. The van der Waals surface area contributed by atoms with Gasteiger partial charge >= 0.3 is 7.12 Å². The molecule has 0 N–H and O–H groups in total. The van der Waals surface area contributed by atoms with Gasteiger partial charge in [-0.1, -0.05) is 41.5 Å². The largest absolute Gasteiger partial charge is 0.618 e. The van der Waals surface area contributed by atoms with Gasteiger partial charge in [-0.3, -0.25) is 0 Å². The van der Waals surface area contributed by atoms with Crippen LogP contribution in [0, 0.1) is 5.21 Å². The van der Waals surface area contributed by atoms with Crippen LogP contribution in [0.4, 0.5) is 0 Å². The van der Waals surface area contributed by atoms with Gasteiger partial charge in [-0.2, -0.15) is 4.73 Å². The van der Waals surface area contributed by atoms with Crippen LogP contribution < -0.4 is 10.2 Å². The van der Waals surface area contributed by atoms with Crippen molar-refractivity contribution in [3.63, 3.8) is 0 Å². The molecule has 134 valence electrons. The van der Waals surface area contributed by atoms with Gasteiger partial charge in [0.2, 0.25) is 0 Å². The molecule has 1 aromatic heterocycles. The summed E-state index contributed by atoms with van der Waals surface area (Å²) < 4.78 is 13.5. The average Bonchev–Trinajstić information content (AvgIpc) is 2.55. The first-order valence-corrected chi connectivity index (χ1v) is 8.70. The summed E-state index contributed by atoms with van der Waals surface area (Å²) in [7, 11) is -0.460. The van der Waals surface area contributed by atoms with Gasteiger partial charge in [-0.05, 0) is 33.2 Å². The Morgan fingerprint density at radius 1 is 0.833 bits per heavy atom. The van der Waals surface area contributed by atoms with Crippen LogP contribution in [-0.4, -0.2) is 18.3 Å². The lowest BCUT2D eigenvalue weighted by Crippen LogP contribution is -2.49. The third-order valence-corrected chi connectivity index (χ3v) is 5.11. The summed E-state index contributed by atoms with van der Waals surface area (Å²) in [5.74, 6) is 0. The van der Waals surface area contributed by atoms with E-state index < -0.39 is 18.3 Å². The molecule has 1 aliphatic rings. The Morgan fingerprint density at radius 3 is 1.46 bits per heavy atom. The first kappa shape index (κ1) is 19.3. The molecule has 24 heavy (non-hydrogen) atoms. The molecule has 2 heterocycles. The predicted octanol–water partition coefficient (Wildman–Crippen LogP) is 3.21. The molecular weight excluding hydrogens is 301 g/mol. The Bertz CT molecular complexity index is 588. The van der Waals surface area contributed by atoms with Crippen LogP contribution in [0.5, 0.6) is 0 Å². The van der Waals surface area contributed by atoms with Gasteiger partial charge in [0.1, 0.15) is 0 Å². The Labute approximate surface area is 147 Å². The standard InChI is InChI=1S/C19H32BNO3/c1-16(2,3)14-11-13(12-15(21(14)22)17(4,5)6)20-23-18(7,8)19(9,10)24-20/h11-12H,1-10H3. The second-order valence-corrected chi connectivity index (χ2v) is 9.94. The lowest BCUT2D eigenvalue weighted by molar-refractivity contribution is -0.629. The van der Waals surface area contributed by atoms with Gasteiger partial charge in [-0.15, -0.1) is 0 Å². The Kier molecular flexibility index (Phi) is 4.39. The first-order chi connectivity index (χ1) is 10.6. The summed E-state index contributed by atoms with van der Waals surface area (Å²) >= 11 is 0. The molecule has 1 aliphatic heterocycles. The van der Waals surface area contributed by atoms with Crippen molar-refractivity contribution >= 4 is 12.6 Å². The van der Waals surface area contributed by atoms with Crippen molar-refractivity contribution in [2.75, 3.05) is 0 Å². The zero-order valence-electron chi connectivity index (χ0n) is 16.9. The zero-order chi connectivity index (χ0) is 18.7. The predicted molar refractivity (Wildman–Crippen MR) is 98.5 cm³/mol. The van der Waals surface area contributed by atoms with Crippen LogP contribution in [0.15, 0.2) is 12.1 Å². The van der Waals surface area contributed by atoms with Crippen molar-refractivity contribution in [2.24, 2.45) is 0 Å². The highest BCUT2D eigenvalue weighted by Gasteiger charge is 2.52. The first-order valence-electron chi connectivity index (χ1n) is 8.70. The molecule has 0 unspecified atom stereocenters. The third-order valence-electron chi connectivity index (χ3n) is 5.11. The summed E-state index contributed by atoms with van der Waals surface area (Å²) in [4.78, 5) is 0. The minimum atomic E-state index is -0.460. The SMILES string of the molecule is CC(C)(C)c1cc(B2OC(C)(C)C(C)(C)O2)cc(C(C)(C)C)[n+]1[O-]. The van der Waals surface area contributed by atoms with Crippen LogP contribution >= 0.6 is 0 Å². The maximum atomic E-state index is 12.9. The molecule has 0 aromatic carbocycles. The minimum absolute atomic E-state index is 0.262. The molecule has 2 rings (SSSR count). The van der Waals surface area contributed by atoms with Crippen molar-refractivity contribution in [3.05, 3.63) is 28.7 Å². The monoisotopic (exact) mass is 333 g/mol. The molecule has 0 spiro atoms. The molecule has 1 aromatic rings. The highest BCUT2D eigenvalue weighted by Crippen LogP contribution is 2.37. The van der Waals surface area contributed by atoms with E-state index >= 15 is 0 Å². The fourth-order valence-corrected chi connectivity index (χ4v) is 2.76. The van der Waals surface area contributed by atoms with Gasteiger partial charge in [0.25, 0.3) is 0 Å². The maximum absolute atomic E-state index is 12.9. The lowest BCUT2D eigenvalue weighted by atomic mass is 9.75. The number of hydrogen-bond donors (Lipinski definition) is 0. The zero-order valence-corrected chi connectivity index (χ0v) is 16.9. The van der Waals surface area contributed by atoms with E-state index in [1.165, 1.54) is 0 Å². The van der Waals surface area contributed by atoms with Crippen molar-refractivity contribution in [2.45, 2.75) is 91.3 Å². The van der Waals surface area contributed by atoms with Crippen molar-refractivity contribution in [3.8, 4) is 0 Å². The van der Waals surface area contributed by atoms with E-state index in [4.69, 9.17) is 9.31 Å². The second-order valence-electron chi connectivity index (χ2n) is 9.94. The van der Waals surface area contributed by atoms with Gasteiger partial charge in [0, 0.05) is 23.0 Å². The fraction of sp³-hybridized carbons (Fsp3) is 0.737. The lowest BCUT2D eigenvalue weighted by Gasteiger charge is -2.32. The topological polar surface area (TPSA) is 45.4 Å². The fourth-order valence-electron chi connectivity index (χ4n) is 2.76. The van der Waals surface area contributed by atoms with Crippen molar-refractivity contribution in [1.29, 1.82) is 0 Å². The van der Waals surface area contributed by atoms with Gasteiger partial charge in [0.15, 0.2) is 11.4 Å². The maximum Gasteiger partial charge on any atom is 0.495 e.